The van der Waals surface area contributed by atoms with Crippen molar-refractivity contribution in [3.8, 4) is 11.8 Å². The molecule has 1 aliphatic heterocycles. The molecule has 1 aromatic heterocycles. The van der Waals surface area contributed by atoms with E-state index < -0.39 is 9.84 Å². The maximum absolute atomic E-state index is 12.3. The predicted octanol–water partition coefficient (Wildman–Crippen LogP) is 0.271. The number of rotatable bonds is 1. The van der Waals surface area contributed by atoms with Crippen molar-refractivity contribution >= 4 is 27.1 Å². The number of hydrogen-bond acceptors (Lipinski definition) is 5. The fourth-order valence-electron chi connectivity index (χ4n) is 1.90. The molecule has 1 saturated heterocycles. The molecule has 1 fully saturated rings. The van der Waals surface area contributed by atoms with Gasteiger partial charge in [-0.05, 0) is 18.6 Å². The van der Waals surface area contributed by atoms with Crippen LogP contribution in [-0.4, -0.2) is 55.5 Å². The van der Waals surface area contributed by atoms with Gasteiger partial charge in [0.2, 0.25) is 0 Å². The van der Waals surface area contributed by atoms with Crippen LogP contribution in [0.4, 0.5) is 0 Å². The van der Waals surface area contributed by atoms with E-state index in [1.54, 1.807) is 11.0 Å². The first-order valence-electron chi connectivity index (χ1n) is 6.13. The van der Waals surface area contributed by atoms with Gasteiger partial charge in [-0.25, -0.2) is 8.42 Å². The predicted molar refractivity (Wildman–Crippen MR) is 77.6 cm³/mol. The van der Waals surface area contributed by atoms with Gasteiger partial charge in [-0.2, -0.15) is 0 Å². The molecule has 20 heavy (non-hydrogen) atoms. The average molecular weight is 313 g/mol. The topological polar surface area (TPSA) is 74.7 Å². The van der Waals surface area contributed by atoms with E-state index in [2.05, 4.69) is 11.8 Å². The lowest BCUT2D eigenvalue weighted by atomic mass is 10.2. The Morgan fingerprint density at radius 2 is 2.10 bits per heavy atom. The summed E-state index contributed by atoms with van der Waals surface area (Å²) in [7, 11) is -2.99. The number of amides is 1. The maximum atomic E-state index is 12.3. The number of nitrogens with zero attached hydrogens (tertiary/aromatic N) is 1. The molecule has 0 unspecified atom stereocenters. The van der Waals surface area contributed by atoms with Crippen molar-refractivity contribution in [2.24, 2.45) is 0 Å². The van der Waals surface area contributed by atoms with Crippen LogP contribution in [-0.2, 0) is 9.84 Å². The average Bonchev–Trinajstić information content (AvgIpc) is 2.77. The number of hydrogen-bond donors (Lipinski definition) is 1. The second-order valence-corrected chi connectivity index (χ2v) is 7.88. The van der Waals surface area contributed by atoms with Gasteiger partial charge in [0.25, 0.3) is 5.91 Å². The standard InChI is InChI=1S/C13H15NO4S2/c1-10-9-12(19-11(10)3-2-6-15)13(16)14-4-7-20(17,18)8-5-14/h9,15H,4-8H2,1H3. The summed E-state index contributed by atoms with van der Waals surface area (Å²) in [5, 5.41) is 8.69. The van der Waals surface area contributed by atoms with Crippen molar-refractivity contribution < 1.29 is 18.3 Å². The highest BCUT2D eigenvalue weighted by Crippen LogP contribution is 2.23. The van der Waals surface area contributed by atoms with Gasteiger partial charge in [0, 0.05) is 13.1 Å². The first kappa shape index (κ1) is 15.0. The summed E-state index contributed by atoms with van der Waals surface area (Å²) < 4.78 is 22.7. The summed E-state index contributed by atoms with van der Waals surface area (Å²) in [6, 6.07) is 1.76. The number of sulfone groups is 1. The number of carbonyl (C=O) groups is 1. The van der Waals surface area contributed by atoms with Crippen LogP contribution >= 0.6 is 11.3 Å². The third-order valence-electron chi connectivity index (χ3n) is 3.04. The van der Waals surface area contributed by atoms with Gasteiger partial charge >= 0.3 is 0 Å². The van der Waals surface area contributed by atoms with E-state index in [1.165, 1.54) is 11.3 Å². The molecular formula is C13H15NO4S2. The number of aliphatic hydroxyl groups excluding tert-OH is 1. The molecule has 0 spiro atoms. The van der Waals surface area contributed by atoms with Gasteiger partial charge in [0.05, 0.1) is 21.3 Å². The van der Waals surface area contributed by atoms with Crippen molar-refractivity contribution in [3.05, 3.63) is 21.4 Å². The van der Waals surface area contributed by atoms with Gasteiger partial charge in [0.1, 0.15) is 6.61 Å². The van der Waals surface area contributed by atoms with Crippen LogP contribution in [0.2, 0.25) is 0 Å². The first-order valence-corrected chi connectivity index (χ1v) is 8.76. The van der Waals surface area contributed by atoms with Crippen LogP contribution in [0.25, 0.3) is 0 Å². The third-order valence-corrected chi connectivity index (χ3v) is 5.79. The van der Waals surface area contributed by atoms with Gasteiger partial charge in [-0.15, -0.1) is 11.3 Å². The molecule has 0 radical (unpaired) electrons. The summed E-state index contributed by atoms with van der Waals surface area (Å²) >= 11 is 1.28. The molecule has 0 saturated carbocycles. The Hall–Kier alpha value is -1.36. The fraction of sp³-hybridized carbons (Fsp3) is 0.462. The van der Waals surface area contributed by atoms with E-state index in [0.717, 1.165) is 10.4 Å². The highest BCUT2D eigenvalue weighted by molar-refractivity contribution is 7.91. The Bertz CT molecular complexity index is 665. The van der Waals surface area contributed by atoms with Crippen LogP contribution in [0.3, 0.4) is 0 Å². The molecule has 0 aliphatic carbocycles. The van der Waals surface area contributed by atoms with Crippen LogP contribution < -0.4 is 0 Å². The highest BCUT2D eigenvalue weighted by atomic mass is 32.2. The molecule has 0 bridgehead atoms. The molecule has 5 nitrogen and oxygen atoms in total. The molecule has 7 heteroatoms. The van der Waals surface area contributed by atoms with E-state index in [4.69, 9.17) is 5.11 Å². The highest BCUT2D eigenvalue weighted by Gasteiger charge is 2.26. The molecule has 2 heterocycles. The van der Waals surface area contributed by atoms with Crippen LogP contribution in [0.15, 0.2) is 6.07 Å². The SMILES string of the molecule is Cc1cc(C(=O)N2CCS(=O)(=O)CC2)sc1C#CCO. The summed E-state index contributed by atoms with van der Waals surface area (Å²) in [4.78, 5) is 15.2. The Morgan fingerprint density at radius 1 is 1.45 bits per heavy atom. The number of thiophene rings is 1. The first-order chi connectivity index (χ1) is 9.43. The number of carbonyl (C=O) groups excluding carboxylic acids is 1. The lowest BCUT2D eigenvalue weighted by Crippen LogP contribution is -2.43. The summed E-state index contributed by atoms with van der Waals surface area (Å²) in [6.07, 6.45) is 0. The molecule has 1 aliphatic rings. The smallest absolute Gasteiger partial charge is 0.264 e. The van der Waals surface area contributed by atoms with Crippen LogP contribution in [0, 0.1) is 18.8 Å². The van der Waals surface area contributed by atoms with E-state index in [9.17, 15) is 13.2 Å². The monoisotopic (exact) mass is 313 g/mol. The van der Waals surface area contributed by atoms with Crippen LogP contribution in [0.1, 0.15) is 20.1 Å². The molecule has 0 atom stereocenters. The zero-order valence-corrected chi connectivity index (χ0v) is 12.7. The third kappa shape index (κ3) is 3.39. The Balaban J connectivity index is 2.14. The molecule has 108 valence electrons. The molecule has 1 amide bonds. The second kappa shape index (κ2) is 5.95. The Labute approximate surface area is 122 Å². The minimum absolute atomic E-state index is 0.0280. The van der Waals surface area contributed by atoms with E-state index in [0.29, 0.717) is 4.88 Å². The van der Waals surface area contributed by atoms with Crippen molar-refractivity contribution in [1.82, 2.24) is 4.90 Å². The second-order valence-electron chi connectivity index (χ2n) is 4.53. The van der Waals surface area contributed by atoms with Crippen molar-refractivity contribution in [2.75, 3.05) is 31.2 Å². The maximum Gasteiger partial charge on any atom is 0.264 e. The molecule has 2 rings (SSSR count). The largest absolute Gasteiger partial charge is 0.384 e. The molecular weight excluding hydrogens is 298 g/mol. The van der Waals surface area contributed by atoms with Gasteiger partial charge in [-0.1, -0.05) is 11.8 Å². The number of aliphatic hydroxyl groups is 1. The lowest BCUT2D eigenvalue weighted by Gasteiger charge is -2.26. The minimum Gasteiger partial charge on any atom is -0.384 e. The van der Waals surface area contributed by atoms with Gasteiger partial charge < -0.3 is 10.0 Å². The van der Waals surface area contributed by atoms with E-state index in [1.807, 2.05) is 6.92 Å². The molecule has 0 aromatic carbocycles. The lowest BCUT2D eigenvalue weighted by molar-refractivity contribution is 0.0775. The number of aryl methyl sites for hydroxylation is 1. The van der Waals surface area contributed by atoms with Crippen LogP contribution in [0.5, 0.6) is 0 Å². The van der Waals surface area contributed by atoms with E-state index >= 15 is 0 Å². The molecule has 1 N–H and O–H groups in total. The summed E-state index contributed by atoms with van der Waals surface area (Å²) in [5.74, 6) is 5.27. The Kier molecular flexibility index (Phi) is 4.48. The zero-order valence-electron chi connectivity index (χ0n) is 11.0. The van der Waals surface area contributed by atoms with Gasteiger partial charge in [0.15, 0.2) is 9.84 Å². The molecule has 1 aromatic rings. The van der Waals surface area contributed by atoms with Crippen molar-refractivity contribution in [2.45, 2.75) is 6.92 Å². The normalized spacial score (nSPS) is 17.4. The summed E-state index contributed by atoms with van der Waals surface area (Å²) in [5.41, 5.74) is 0.893. The van der Waals surface area contributed by atoms with Gasteiger partial charge in [-0.3, -0.25) is 4.79 Å². The quantitative estimate of drug-likeness (QED) is 0.755. The Morgan fingerprint density at radius 3 is 2.70 bits per heavy atom. The van der Waals surface area contributed by atoms with Crippen molar-refractivity contribution in [1.29, 1.82) is 0 Å². The summed E-state index contributed by atoms with van der Waals surface area (Å²) in [6.45, 7) is 2.13. The van der Waals surface area contributed by atoms with E-state index in [-0.39, 0.29) is 37.1 Å². The van der Waals surface area contributed by atoms with Crippen molar-refractivity contribution in [3.63, 3.8) is 0 Å². The fourth-order valence-corrected chi connectivity index (χ4v) is 4.12. The zero-order chi connectivity index (χ0) is 14.8. The minimum atomic E-state index is -2.99.